The predicted molar refractivity (Wildman–Crippen MR) is 74.3 cm³/mol. The van der Waals surface area contributed by atoms with Gasteiger partial charge < -0.3 is 5.32 Å². The third kappa shape index (κ3) is 3.17. The van der Waals surface area contributed by atoms with Gasteiger partial charge in [0.25, 0.3) is 0 Å². The first kappa shape index (κ1) is 13.2. The molecule has 0 aliphatic rings. The molecule has 0 bridgehead atoms. The highest BCUT2D eigenvalue weighted by Crippen LogP contribution is 2.30. The van der Waals surface area contributed by atoms with Crippen molar-refractivity contribution in [2.45, 2.75) is 36.6 Å². The average Bonchev–Trinajstić information content (AvgIpc) is 2.81. The number of rotatable bonds is 5. The number of nitrogens with one attached hydrogen (secondary N) is 1. The van der Waals surface area contributed by atoms with E-state index in [4.69, 9.17) is 0 Å². The van der Waals surface area contributed by atoms with Crippen LogP contribution in [-0.2, 0) is 6.42 Å². The van der Waals surface area contributed by atoms with Gasteiger partial charge in [0.15, 0.2) is 4.34 Å². The van der Waals surface area contributed by atoms with Gasteiger partial charge in [-0.3, -0.25) is 0 Å². The molecule has 0 aliphatic heterocycles. The molecule has 0 unspecified atom stereocenters. The summed E-state index contributed by atoms with van der Waals surface area (Å²) in [6.07, 6.45) is 2.69. The molecule has 7 heteroatoms. The summed E-state index contributed by atoms with van der Waals surface area (Å²) in [6.45, 7) is 6.88. The summed E-state index contributed by atoms with van der Waals surface area (Å²) in [5.41, 5.74) is 1.05. The minimum atomic E-state index is 0.658. The van der Waals surface area contributed by atoms with Gasteiger partial charge in [-0.05, 0) is 37.1 Å². The first-order valence-electron chi connectivity index (χ1n) is 5.80. The highest BCUT2D eigenvalue weighted by atomic mass is 32.2. The number of aromatic nitrogens is 4. The second-order valence-electron chi connectivity index (χ2n) is 3.64. The van der Waals surface area contributed by atoms with Crippen LogP contribution in [0.25, 0.3) is 0 Å². The molecule has 0 aromatic carbocycles. The van der Waals surface area contributed by atoms with Crippen LogP contribution >= 0.6 is 23.3 Å². The van der Waals surface area contributed by atoms with Gasteiger partial charge in [0.05, 0.1) is 0 Å². The van der Waals surface area contributed by atoms with Crippen LogP contribution < -0.4 is 5.32 Å². The minimum absolute atomic E-state index is 0.658. The van der Waals surface area contributed by atoms with E-state index >= 15 is 0 Å². The second kappa shape index (κ2) is 6.10. The van der Waals surface area contributed by atoms with E-state index in [-0.39, 0.29) is 0 Å². The van der Waals surface area contributed by atoms with Crippen molar-refractivity contribution in [1.29, 1.82) is 0 Å². The molecule has 2 aromatic rings. The fourth-order valence-electron chi connectivity index (χ4n) is 1.28. The van der Waals surface area contributed by atoms with Crippen LogP contribution in [0.1, 0.15) is 25.2 Å². The van der Waals surface area contributed by atoms with Crippen molar-refractivity contribution in [1.82, 2.24) is 19.3 Å². The van der Waals surface area contributed by atoms with Crippen molar-refractivity contribution in [3.63, 3.8) is 0 Å². The lowest BCUT2D eigenvalue weighted by molar-refractivity contribution is 0.962. The molecular formula is C11H15N5S2. The maximum atomic E-state index is 4.47. The SMILES string of the molecule is CCNc1ncc(C)c(Sc2nc(CC)ns2)n1. The van der Waals surface area contributed by atoms with Gasteiger partial charge in [0, 0.05) is 24.7 Å². The molecule has 18 heavy (non-hydrogen) atoms. The van der Waals surface area contributed by atoms with Crippen LogP contribution in [0, 0.1) is 6.92 Å². The van der Waals surface area contributed by atoms with Crippen LogP contribution in [0.2, 0.25) is 0 Å². The molecule has 0 spiro atoms. The molecule has 5 nitrogen and oxygen atoms in total. The zero-order valence-electron chi connectivity index (χ0n) is 10.6. The fraction of sp³-hybridized carbons (Fsp3) is 0.455. The van der Waals surface area contributed by atoms with E-state index in [1.54, 1.807) is 11.8 Å². The molecule has 2 aromatic heterocycles. The number of hydrogen-bond donors (Lipinski definition) is 1. The molecular weight excluding hydrogens is 266 g/mol. The normalized spacial score (nSPS) is 10.6. The number of anilines is 1. The van der Waals surface area contributed by atoms with Crippen molar-refractivity contribution in [2.24, 2.45) is 0 Å². The molecule has 0 radical (unpaired) electrons. The molecule has 0 saturated heterocycles. The van der Waals surface area contributed by atoms with Crippen LogP contribution in [-0.4, -0.2) is 25.9 Å². The van der Waals surface area contributed by atoms with Crippen LogP contribution in [0.4, 0.5) is 5.95 Å². The largest absolute Gasteiger partial charge is 0.354 e. The van der Waals surface area contributed by atoms with Crippen molar-refractivity contribution in [3.8, 4) is 0 Å². The summed E-state index contributed by atoms with van der Waals surface area (Å²) in [5, 5.41) is 4.04. The van der Waals surface area contributed by atoms with Gasteiger partial charge in [-0.15, -0.1) is 0 Å². The van der Waals surface area contributed by atoms with E-state index < -0.39 is 0 Å². The summed E-state index contributed by atoms with van der Waals surface area (Å²) in [7, 11) is 0. The smallest absolute Gasteiger partial charge is 0.223 e. The third-order valence-electron chi connectivity index (χ3n) is 2.21. The Morgan fingerprint density at radius 1 is 1.33 bits per heavy atom. The van der Waals surface area contributed by atoms with Gasteiger partial charge in [-0.25, -0.2) is 15.0 Å². The standard InChI is InChI=1S/C11H15N5S2/c1-4-8-14-11(18-16-8)17-9-7(3)6-13-10(15-9)12-5-2/h6H,4-5H2,1-3H3,(H,12,13,15). The summed E-state index contributed by atoms with van der Waals surface area (Å²) in [5.74, 6) is 1.55. The van der Waals surface area contributed by atoms with Crippen molar-refractivity contribution < 1.29 is 0 Å². The molecule has 2 rings (SSSR count). The zero-order chi connectivity index (χ0) is 13.0. The van der Waals surface area contributed by atoms with E-state index in [0.717, 1.165) is 33.7 Å². The summed E-state index contributed by atoms with van der Waals surface area (Å²) >= 11 is 2.96. The molecule has 0 amide bonds. The van der Waals surface area contributed by atoms with Crippen molar-refractivity contribution >= 4 is 29.2 Å². The Morgan fingerprint density at radius 2 is 2.17 bits per heavy atom. The maximum Gasteiger partial charge on any atom is 0.223 e. The first-order chi connectivity index (χ1) is 8.72. The Hall–Kier alpha value is -1.21. The van der Waals surface area contributed by atoms with E-state index in [2.05, 4.69) is 31.6 Å². The van der Waals surface area contributed by atoms with E-state index in [1.807, 2.05) is 20.0 Å². The van der Waals surface area contributed by atoms with Crippen molar-refractivity contribution in [3.05, 3.63) is 17.6 Å². The highest BCUT2D eigenvalue weighted by Gasteiger charge is 2.09. The number of hydrogen-bond acceptors (Lipinski definition) is 7. The molecule has 0 fully saturated rings. The maximum absolute atomic E-state index is 4.47. The molecule has 0 atom stereocenters. The third-order valence-corrected chi connectivity index (χ3v) is 4.11. The lowest BCUT2D eigenvalue weighted by atomic mass is 10.4. The quantitative estimate of drug-likeness (QED) is 0.850. The zero-order valence-corrected chi connectivity index (χ0v) is 12.2. The molecule has 96 valence electrons. The predicted octanol–water partition coefficient (Wildman–Crippen LogP) is 2.78. The summed E-state index contributed by atoms with van der Waals surface area (Å²) < 4.78 is 5.20. The Labute approximate surface area is 115 Å². The molecule has 0 aliphatic carbocycles. The van der Waals surface area contributed by atoms with Gasteiger partial charge in [-0.2, -0.15) is 4.37 Å². The highest BCUT2D eigenvalue weighted by molar-refractivity contribution is 8.00. The average molecular weight is 281 g/mol. The summed E-state index contributed by atoms with van der Waals surface area (Å²) in [6, 6.07) is 0. The monoisotopic (exact) mass is 281 g/mol. The lowest BCUT2D eigenvalue weighted by Gasteiger charge is -2.05. The minimum Gasteiger partial charge on any atom is -0.354 e. The van der Waals surface area contributed by atoms with Crippen LogP contribution in [0.3, 0.4) is 0 Å². The molecule has 0 saturated carbocycles. The van der Waals surface area contributed by atoms with E-state index in [1.165, 1.54) is 11.5 Å². The van der Waals surface area contributed by atoms with Crippen LogP contribution in [0.15, 0.2) is 15.6 Å². The Balaban J connectivity index is 2.19. The van der Waals surface area contributed by atoms with E-state index in [9.17, 15) is 0 Å². The topological polar surface area (TPSA) is 63.6 Å². The summed E-state index contributed by atoms with van der Waals surface area (Å²) in [4.78, 5) is 13.1. The second-order valence-corrected chi connectivity index (χ2v) is 5.63. The van der Waals surface area contributed by atoms with E-state index in [0.29, 0.717) is 5.95 Å². The molecule has 2 heterocycles. The van der Waals surface area contributed by atoms with Gasteiger partial charge in [-0.1, -0.05) is 6.92 Å². The number of nitrogens with zero attached hydrogens (tertiary/aromatic N) is 4. The van der Waals surface area contributed by atoms with Crippen molar-refractivity contribution in [2.75, 3.05) is 11.9 Å². The van der Waals surface area contributed by atoms with Gasteiger partial charge in [0.2, 0.25) is 5.95 Å². The number of aryl methyl sites for hydroxylation is 2. The molecule has 1 N–H and O–H groups in total. The fourth-order valence-corrected chi connectivity index (χ4v) is 2.94. The first-order valence-corrected chi connectivity index (χ1v) is 7.39. The lowest BCUT2D eigenvalue weighted by Crippen LogP contribution is -2.03. The van der Waals surface area contributed by atoms with Crippen LogP contribution in [0.5, 0.6) is 0 Å². The Kier molecular flexibility index (Phi) is 4.48. The Morgan fingerprint density at radius 3 is 2.83 bits per heavy atom. The Bertz CT molecular complexity index is 526. The van der Waals surface area contributed by atoms with Gasteiger partial charge in [0.1, 0.15) is 10.9 Å². The van der Waals surface area contributed by atoms with Gasteiger partial charge >= 0.3 is 0 Å².